The highest BCUT2D eigenvalue weighted by atomic mass is 16.2. The van der Waals surface area contributed by atoms with Gasteiger partial charge >= 0.3 is 0 Å². The van der Waals surface area contributed by atoms with E-state index >= 15 is 0 Å². The molecule has 6 heteroatoms. The second-order valence-electron chi connectivity index (χ2n) is 4.68. The largest absolute Gasteiger partial charge is 0.373 e. The smallest absolute Gasteiger partial charge is 0.242 e. The van der Waals surface area contributed by atoms with Gasteiger partial charge in [-0.2, -0.15) is 0 Å². The van der Waals surface area contributed by atoms with Crippen molar-refractivity contribution in [3.8, 4) is 0 Å². The van der Waals surface area contributed by atoms with Crippen molar-refractivity contribution < 1.29 is 4.79 Å². The van der Waals surface area contributed by atoms with Crippen LogP contribution < -0.4 is 16.0 Å². The molecule has 3 N–H and O–H groups in total. The maximum Gasteiger partial charge on any atom is 0.242 e. The van der Waals surface area contributed by atoms with Gasteiger partial charge in [-0.3, -0.25) is 4.79 Å². The van der Waals surface area contributed by atoms with Gasteiger partial charge in [-0.15, -0.1) is 0 Å². The van der Waals surface area contributed by atoms with Crippen LogP contribution in [0.15, 0.2) is 6.07 Å². The quantitative estimate of drug-likeness (QED) is 0.743. The molecule has 0 radical (unpaired) electrons. The van der Waals surface area contributed by atoms with Gasteiger partial charge in [0.15, 0.2) is 0 Å². The molecule has 1 atom stereocenters. The molecule has 2 heterocycles. The molecular weight excluding hydrogens is 242 g/mol. The highest BCUT2D eigenvalue weighted by Crippen LogP contribution is 2.15. The number of amides is 1. The highest BCUT2D eigenvalue weighted by molar-refractivity contribution is 5.85. The van der Waals surface area contributed by atoms with Gasteiger partial charge in [-0.1, -0.05) is 6.92 Å². The van der Waals surface area contributed by atoms with Gasteiger partial charge in [0, 0.05) is 26.1 Å². The van der Waals surface area contributed by atoms with Crippen molar-refractivity contribution >= 4 is 17.5 Å². The van der Waals surface area contributed by atoms with Gasteiger partial charge in [-0.25, -0.2) is 9.97 Å². The summed E-state index contributed by atoms with van der Waals surface area (Å²) in [6, 6.07) is 1.64. The number of aromatic nitrogens is 2. The molecule has 0 aromatic carbocycles. The Morgan fingerprint density at radius 2 is 2.21 bits per heavy atom. The molecule has 1 aliphatic heterocycles. The average molecular weight is 263 g/mol. The Hall–Kier alpha value is -1.85. The number of nitrogens with one attached hydrogen (secondary N) is 3. The lowest BCUT2D eigenvalue weighted by molar-refractivity contribution is -0.123. The minimum absolute atomic E-state index is 0.0490. The number of carbonyl (C=O) groups excluding carboxylic acids is 1. The summed E-state index contributed by atoms with van der Waals surface area (Å²) in [7, 11) is 1.83. The van der Waals surface area contributed by atoms with Gasteiger partial charge in [-0.05, 0) is 19.3 Å². The fourth-order valence-electron chi connectivity index (χ4n) is 2.12. The van der Waals surface area contributed by atoms with E-state index in [1.165, 1.54) is 0 Å². The minimum Gasteiger partial charge on any atom is -0.373 e. The van der Waals surface area contributed by atoms with Gasteiger partial charge in [0.25, 0.3) is 0 Å². The first-order chi connectivity index (χ1) is 9.22. The molecule has 104 valence electrons. The Kier molecular flexibility index (Phi) is 4.54. The molecule has 1 amide bonds. The zero-order valence-electron chi connectivity index (χ0n) is 11.5. The summed E-state index contributed by atoms with van der Waals surface area (Å²) in [5.74, 6) is 2.34. The van der Waals surface area contributed by atoms with E-state index in [4.69, 9.17) is 0 Å². The van der Waals surface area contributed by atoms with Crippen LogP contribution in [-0.2, 0) is 11.2 Å². The number of aryl methyl sites for hydroxylation is 1. The lowest BCUT2D eigenvalue weighted by Gasteiger charge is -2.23. The van der Waals surface area contributed by atoms with Crippen LogP contribution in [0.4, 0.5) is 11.6 Å². The lowest BCUT2D eigenvalue weighted by Crippen LogP contribution is -2.44. The molecule has 0 aliphatic carbocycles. The van der Waals surface area contributed by atoms with Crippen LogP contribution in [0.1, 0.15) is 32.0 Å². The van der Waals surface area contributed by atoms with Gasteiger partial charge in [0.05, 0.1) is 0 Å². The second kappa shape index (κ2) is 6.36. The first kappa shape index (κ1) is 13.6. The minimum atomic E-state index is -0.192. The van der Waals surface area contributed by atoms with Crippen LogP contribution in [-0.4, -0.2) is 35.5 Å². The Bertz CT molecular complexity index is 449. The summed E-state index contributed by atoms with van der Waals surface area (Å²) in [4.78, 5) is 20.6. The summed E-state index contributed by atoms with van der Waals surface area (Å²) >= 11 is 0. The molecule has 1 aromatic heterocycles. The zero-order chi connectivity index (χ0) is 13.7. The number of hydrogen-bond acceptors (Lipinski definition) is 5. The lowest BCUT2D eigenvalue weighted by atomic mass is 10.1. The van der Waals surface area contributed by atoms with E-state index in [2.05, 4.69) is 32.8 Å². The van der Waals surface area contributed by atoms with Crippen molar-refractivity contribution in [3.63, 3.8) is 0 Å². The van der Waals surface area contributed by atoms with Crippen LogP contribution in [0, 0.1) is 0 Å². The molecule has 0 spiro atoms. The fraction of sp³-hybridized carbons (Fsp3) is 0.615. The molecule has 0 saturated carbocycles. The topological polar surface area (TPSA) is 78.9 Å². The van der Waals surface area contributed by atoms with Crippen molar-refractivity contribution in [1.29, 1.82) is 0 Å². The summed E-state index contributed by atoms with van der Waals surface area (Å²) in [5, 5.41) is 9.08. The van der Waals surface area contributed by atoms with E-state index in [0.717, 1.165) is 43.9 Å². The number of rotatable bonds is 5. The van der Waals surface area contributed by atoms with Crippen LogP contribution in [0.2, 0.25) is 0 Å². The van der Waals surface area contributed by atoms with E-state index in [9.17, 15) is 4.79 Å². The number of hydrogen-bond donors (Lipinski definition) is 3. The van der Waals surface area contributed by atoms with Crippen molar-refractivity contribution in [2.45, 2.75) is 38.6 Å². The summed E-state index contributed by atoms with van der Waals surface area (Å²) < 4.78 is 0. The molecule has 1 aliphatic rings. The molecule has 19 heavy (non-hydrogen) atoms. The summed E-state index contributed by atoms with van der Waals surface area (Å²) in [5.41, 5.74) is 0. The van der Waals surface area contributed by atoms with E-state index in [1.54, 1.807) is 0 Å². The predicted molar refractivity (Wildman–Crippen MR) is 75.2 cm³/mol. The first-order valence-corrected chi connectivity index (χ1v) is 6.83. The Balaban J connectivity index is 2.13. The fourth-order valence-corrected chi connectivity index (χ4v) is 2.12. The summed E-state index contributed by atoms with van der Waals surface area (Å²) in [6.45, 7) is 2.86. The maximum absolute atomic E-state index is 11.7. The van der Waals surface area contributed by atoms with Crippen molar-refractivity contribution in [2.24, 2.45) is 0 Å². The Morgan fingerprint density at radius 1 is 1.42 bits per heavy atom. The van der Waals surface area contributed by atoms with Gasteiger partial charge in [0.1, 0.15) is 23.5 Å². The normalized spacial score (nSPS) is 18.8. The third kappa shape index (κ3) is 3.56. The van der Waals surface area contributed by atoms with Gasteiger partial charge < -0.3 is 16.0 Å². The second-order valence-corrected chi connectivity index (χ2v) is 4.68. The predicted octanol–water partition coefficient (Wildman–Crippen LogP) is 1.16. The van der Waals surface area contributed by atoms with E-state index in [-0.39, 0.29) is 11.9 Å². The third-order valence-corrected chi connectivity index (χ3v) is 3.11. The van der Waals surface area contributed by atoms with Crippen LogP contribution >= 0.6 is 0 Å². The number of nitrogens with zero attached hydrogens (tertiary/aromatic N) is 2. The standard InChI is InChI=1S/C13H21N5O/c1-3-5-10-17-11(14-2)8-12(18-10)16-9-6-4-7-15-13(9)19/h8-9H,3-7H2,1-2H3,(H,15,19)(H2,14,16,17,18). The van der Waals surface area contributed by atoms with Crippen LogP contribution in [0.25, 0.3) is 0 Å². The van der Waals surface area contributed by atoms with Gasteiger partial charge in [0.2, 0.25) is 5.91 Å². The Labute approximate surface area is 113 Å². The third-order valence-electron chi connectivity index (χ3n) is 3.11. The van der Waals surface area contributed by atoms with E-state index in [1.807, 2.05) is 13.1 Å². The SMILES string of the molecule is CCCc1nc(NC)cc(NC2CCCNC2=O)n1. The van der Waals surface area contributed by atoms with Crippen LogP contribution in [0.5, 0.6) is 0 Å². The average Bonchev–Trinajstić information content (AvgIpc) is 2.41. The highest BCUT2D eigenvalue weighted by Gasteiger charge is 2.22. The number of anilines is 2. The molecule has 2 rings (SSSR count). The molecule has 0 bridgehead atoms. The van der Waals surface area contributed by atoms with Crippen molar-refractivity contribution in [2.75, 3.05) is 24.2 Å². The van der Waals surface area contributed by atoms with E-state index in [0.29, 0.717) is 5.82 Å². The van der Waals surface area contributed by atoms with E-state index < -0.39 is 0 Å². The zero-order valence-corrected chi connectivity index (χ0v) is 11.5. The maximum atomic E-state index is 11.7. The molecule has 6 nitrogen and oxygen atoms in total. The monoisotopic (exact) mass is 263 g/mol. The number of carbonyl (C=O) groups is 1. The molecule has 1 saturated heterocycles. The molecular formula is C13H21N5O. The Morgan fingerprint density at radius 3 is 2.89 bits per heavy atom. The van der Waals surface area contributed by atoms with Crippen LogP contribution in [0.3, 0.4) is 0 Å². The molecule has 1 unspecified atom stereocenters. The summed E-state index contributed by atoms with van der Waals surface area (Å²) in [6.07, 6.45) is 3.67. The molecule has 1 fully saturated rings. The first-order valence-electron chi connectivity index (χ1n) is 6.83. The molecule has 1 aromatic rings. The van der Waals surface area contributed by atoms with Crippen molar-refractivity contribution in [3.05, 3.63) is 11.9 Å². The number of piperidine rings is 1. The van der Waals surface area contributed by atoms with Crippen molar-refractivity contribution in [1.82, 2.24) is 15.3 Å².